The summed E-state index contributed by atoms with van der Waals surface area (Å²) in [5.41, 5.74) is -0.672. The van der Waals surface area contributed by atoms with Crippen molar-refractivity contribution in [2.75, 3.05) is 26.7 Å². The maximum Gasteiger partial charge on any atom is 0.324 e. The lowest BCUT2D eigenvalue weighted by atomic mass is 9.84. The van der Waals surface area contributed by atoms with E-state index in [1.54, 1.807) is 0 Å². The Morgan fingerprint density at radius 1 is 1.43 bits per heavy atom. The first-order chi connectivity index (χ1) is 9.92. The van der Waals surface area contributed by atoms with Crippen molar-refractivity contribution in [3.63, 3.8) is 0 Å². The van der Waals surface area contributed by atoms with E-state index in [0.29, 0.717) is 0 Å². The van der Waals surface area contributed by atoms with Gasteiger partial charge in [0.2, 0.25) is 0 Å². The molecular formula is C17H34N2O2. The van der Waals surface area contributed by atoms with Gasteiger partial charge in [-0.15, -0.1) is 0 Å². The zero-order chi connectivity index (χ0) is 15.9. The third-order valence-corrected chi connectivity index (χ3v) is 4.84. The molecule has 0 saturated heterocycles. The van der Waals surface area contributed by atoms with Crippen LogP contribution in [0.1, 0.15) is 59.3 Å². The summed E-state index contributed by atoms with van der Waals surface area (Å²) < 4.78 is 0. The minimum Gasteiger partial charge on any atom is -0.480 e. The van der Waals surface area contributed by atoms with Crippen molar-refractivity contribution in [1.82, 2.24) is 10.2 Å². The van der Waals surface area contributed by atoms with E-state index >= 15 is 0 Å². The molecular weight excluding hydrogens is 264 g/mol. The van der Waals surface area contributed by atoms with E-state index in [4.69, 9.17) is 0 Å². The summed E-state index contributed by atoms with van der Waals surface area (Å²) in [6.07, 6.45) is 6.03. The molecule has 0 aromatic rings. The fourth-order valence-corrected chi connectivity index (χ4v) is 3.37. The van der Waals surface area contributed by atoms with Gasteiger partial charge >= 0.3 is 5.97 Å². The Morgan fingerprint density at radius 3 is 2.71 bits per heavy atom. The van der Waals surface area contributed by atoms with Gasteiger partial charge in [0.05, 0.1) is 0 Å². The van der Waals surface area contributed by atoms with Gasteiger partial charge in [0, 0.05) is 0 Å². The Bertz CT molecular complexity index is 320. The highest BCUT2D eigenvalue weighted by Gasteiger charge is 2.48. The van der Waals surface area contributed by atoms with Crippen LogP contribution in [-0.4, -0.2) is 48.2 Å². The highest BCUT2D eigenvalue weighted by Crippen LogP contribution is 2.38. The van der Waals surface area contributed by atoms with E-state index in [0.717, 1.165) is 57.7 Å². The molecule has 0 heterocycles. The van der Waals surface area contributed by atoms with Crippen LogP contribution in [0.4, 0.5) is 0 Å². The zero-order valence-electron chi connectivity index (χ0n) is 14.3. The second-order valence-electron chi connectivity index (χ2n) is 7.07. The van der Waals surface area contributed by atoms with Crippen molar-refractivity contribution in [3.8, 4) is 0 Å². The van der Waals surface area contributed by atoms with Gasteiger partial charge in [-0.2, -0.15) is 0 Å². The lowest BCUT2D eigenvalue weighted by Crippen LogP contribution is -2.55. The van der Waals surface area contributed by atoms with E-state index in [2.05, 4.69) is 38.0 Å². The normalized spacial score (nSPS) is 25.9. The number of hydrogen-bond donors (Lipinski definition) is 2. The molecule has 1 aliphatic rings. The Hall–Kier alpha value is -0.610. The number of carboxylic acids is 1. The molecule has 4 heteroatoms. The minimum atomic E-state index is -0.672. The first-order valence-electron chi connectivity index (χ1n) is 8.59. The van der Waals surface area contributed by atoms with Gasteiger partial charge in [-0.25, -0.2) is 0 Å². The molecule has 4 nitrogen and oxygen atoms in total. The van der Waals surface area contributed by atoms with Crippen molar-refractivity contribution < 1.29 is 9.90 Å². The van der Waals surface area contributed by atoms with Crippen molar-refractivity contribution in [3.05, 3.63) is 0 Å². The summed E-state index contributed by atoms with van der Waals surface area (Å²) in [6.45, 7) is 9.48. The van der Waals surface area contributed by atoms with Gasteiger partial charge < -0.3 is 15.3 Å². The summed E-state index contributed by atoms with van der Waals surface area (Å²) in [4.78, 5) is 14.2. The second kappa shape index (κ2) is 8.74. The van der Waals surface area contributed by atoms with E-state index in [1.807, 2.05) is 0 Å². The molecule has 0 amide bonds. The van der Waals surface area contributed by atoms with Gasteiger partial charge in [-0.1, -0.05) is 27.2 Å². The van der Waals surface area contributed by atoms with Gasteiger partial charge in [0.25, 0.3) is 0 Å². The molecule has 0 bridgehead atoms. The Morgan fingerprint density at radius 2 is 2.14 bits per heavy atom. The van der Waals surface area contributed by atoms with Crippen molar-refractivity contribution in [2.45, 2.75) is 64.8 Å². The van der Waals surface area contributed by atoms with Crippen molar-refractivity contribution >= 4 is 5.97 Å². The molecule has 1 aliphatic carbocycles. The van der Waals surface area contributed by atoms with Crippen molar-refractivity contribution in [2.24, 2.45) is 11.8 Å². The smallest absolute Gasteiger partial charge is 0.324 e. The number of carboxylic acid groups (broad SMARTS) is 1. The number of carbonyl (C=O) groups is 1. The SMILES string of the molecule is CCCNC1(C(=O)O)CCCC1CCN(C)CCC(C)C. The highest BCUT2D eigenvalue weighted by molar-refractivity contribution is 5.79. The zero-order valence-corrected chi connectivity index (χ0v) is 14.3. The van der Waals surface area contributed by atoms with Crippen LogP contribution >= 0.6 is 0 Å². The van der Waals surface area contributed by atoms with Crippen LogP contribution in [0.15, 0.2) is 0 Å². The van der Waals surface area contributed by atoms with Crippen LogP contribution in [0.5, 0.6) is 0 Å². The molecule has 0 spiro atoms. The number of hydrogen-bond acceptors (Lipinski definition) is 3. The summed E-state index contributed by atoms with van der Waals surface area (Å²) in [5.74, 6) is 0.342. The quantitative estimate of drug-likeness (QED) is 0.651. The summed E-state index contributed by atoms with van der Waals surface area (Å²) in [6, 6.07) is 0. The fourth-order valence-electron chi connectivity index (χ4n) is 3.37. The summed E-state index contributed by atoms with van der Waals surface area (Å²) >= 11 is 0. The topological polar surface area (TPSA) is 52.6 Å². The van der Waals surface area contributed by atoms with Crippen LogP contribution in [0.3, 0.4) is 0 Å². The standard InChI is InChI=1S/C17H34N2O2/c1-5-11-18-17(16(20)21)10-6-7-15(17)9-13-19(4)12-8-14(2)3/h14-15,18H,5-13H2,1-4H3,(H,20,21). The maximum atomic E-state index is 11.8. The Balaban J connectivity index is 2.53. The third kappa shape index (κ3) is 5.26. The average molecular weight is 298 g/mol. The largest absolute Gasteiger partial charge is 0.480 e. The predicted molar refractivity (Wildman–Crippen MR) is 87.6 cm³/mol. The molecule has 2 N–H and O–H groups in total. The molecule has 2 unspecified atom stereocenters. The van der Waals surface area contributed by atoms with E-state index in [-0.39, 0.29) is 5.92 Å². The molecule has 0 radical (unpaired) electrons. The molecule has 0 aliphatic heterocycles. The van der Waals surface area contributed by atoms with Crippen molar-refractivity contribution in [1.29, 1.82) is 0 Å². The molecule has 1 rings (SSSR count). The van der Waals surface area contributed by atoms with E-state index < -0.39 is 11.5 Å². The molecule has 0 aromatic carbocycles. The lowest BCUT2D eigenvalue weighted by Gasteiger charge is -2.33. The van der Waals surface area contributed by atoms with Crippen LogP contribution in [0.2, 0.25) is 0 Å². The summed E-state index contributed by atoms with van der Waals surface area (Å²) in [5, 5.41) is 13.1. The Kier molecular flexibility index (Phi) is 7.67. The van der Waals surface area contributed by atoms with Gasteiger partial charge in [-0.3, -0.25) is 4.79 Å². The highest BCUT2D eigenvalue weighted by atomic mass is 16.4. The average Bonchev–Trinajstić information content (AvgIpc) is 2.84. The monoisotopic (exact) mass is 298 g/mol. The number of nitrogens with zero attached hydrogens (tertiary/aromatic N) is 1. The van der Waals surface area contributed by atoms with E-state index in [9.17, 15) is 9.90 Å². The molecule has 1 saturated carbocycles. The molecule has 2 atom stereocenters. The Labute approximate surface area is 130 Å². The summed E-state index contributed by atoms with van der Waals surface area (Å²) in [7, 11) is 2.15. The molecule has 124 valence electrons. The van der Waals surface area contributed by atoms with Gasteiger partial charge in [0.15, 0.2) is 0 Å². The van der Waals surface area contributed by atoms with Crippen LogP contribution in [-0.2, 0) is 4.79 Å². The first kappa shape index (κ1) is 18.4. The predicted octanol–water partition coefficient (Wildman–Crippen LogP) is 2.98. The lowest BCUT2D eigenvalue weighted by molar-refractivity contribution is -0.146. The number of nitrogens with one attached hydrogen (secondary N) is 1. The van der Waals surface area contributed by atoms with Crippen LogP contribution in [0, 0.1) is 11.8 Å². The van der Waals surface area contributed by atoms with Crippen LogP contribution < -0.4 is 5.32 Å². The van der Waals surface area contributed by atoms with Gasteiger partial charge in [0.1, 0.15) is 5.54 Å². The molecule has 1 fully saturated rings. The fraction of sp³-hybridized carbons (Fsp3) is 0.941. The van der Waals surface area contributed by atoms with E-state index in [1.165, 1.54) is 6.42 Å². The van der Waals surface area contributed by atoms with Crippen LogP contribution in [0.25, 0.3) is 0 Å². The third-order valence-electron chi connectivity index (χ3n) is 4.84. The number of rotatable bonds is 10. The molecule has 0 aromatic heterocycles. The number of aliphatic carboxylic acids is 1. The first-order valence-corrected chi connectivity index (χ1v) is 8.59. The van der Waals surface area contributed by atoms with Gasteiger partial charge in [-0.05, 0) is 70.6 Å². The maximum absolute atomic E-state index is 11.8. The molecule has 21 heavy (non-hydrogen) atoms. The minimum absolute atomic E-state index is 0.267. The second-order valence-corrected chi connectivity index (χ2v) is 7.07.